The van der Waals surface area contributed by atoms with Gasteiger partial charge in [0, 0.05) is 55.0 Å². The molecule has 0 unspecified atom stereocenters. The van der Waals surface area contributed by atoms with Gasteiger partial charge in [-0.3, -0.25) is 4.90 Å². The highest BCUT2D eigenvalue weighted by Crippen LogP contribution is 2.29. The quantitative estimate of drug-likeness (QED) is 0.653. The van der Waals surface area contributed by atoms with Crippen LogP contribution in [0.3, 0.4) is 0 Å². The molecule has 6 nitrogen and oxygen atoms in total. The first-order valence-corrected chi connectivity index (χ1v) is 10.6. The topological polar surface area (TPSA) is 63.4 Å². The lowest BCUT2D eigenvalue weighted by Crippen LogP contribution is -2.39. The Morgan fingerprint density at radius 2 is 1.67 bits per heavy atom. The van der Waals surface area contributed by atoms with Gasteiger partial charge in [-0.05, 0) is 17.7 Å². The monoisotopic (exact) mass is 406 g/mol. The van der Waals surface area contributed by atoms with Gasteiger partial charge in [-0.15, -0.1) is 0 Å². The molecule has 0 saturated carbocycles. The first-order valence-electron chi connectivity index (χ1n) is 10.6. The number of aromatic nitrogens is 2. The Kier molecular flexibility index (Phi) is 6.16. The molecule has 0 bridgehead atoms. The fourth-order valence-electron chi connectivity index (χ4n) is 3.43. The molecule has 30 heavy (non-hydrogen) atoms. The third-order valence-corrected chi connectivity index (χ3v) is 5.36. The maximum Gasteiger partial charge on any atom is 0.142 e. The van der Waals surface area contributed by atoms with Crippen LogP contribution in [0.2, 0.25) is 0 Å². The van der Waals surface area contributed by atoms with Crippen LogP contribution in [0.25, 0.3) is 22.4 Å². The summed E-state index contributed by atoms with van der Waals surface area (Å²) in [6, 6.07) is 14.5. The van der Waals surface area contributed by atoms with E-state index in [0.29, 0.717) is 0 Å². The molecular weight excluding hydrogens is 376 g/mol. The minimum atomic E-state index is -0.0468. The Balaban J connectivity index is 1.35. The fourth-order valence-corrected chi connectivity index (χ4v) is 3.43. The van der Waals surface area contributed by atoms with Crippen LogP contribution in [-0.4, -0.2) is 54.4 Å². The lowest BCUT2D eigenvalue weighted by Gasteiger charge is -2.26. The number of pyridine rings is 1. The molecule has 1 saturated heterocycles. The van der Waals surface area contributed by atoms with E-state index >= 15 is 0 Å². The van der Waals surface area contributed by atoms with E-state index in [4.69, 9.17) is 9.26 Å². The molecule has 1 aliphatic heterocycles. The zero-order chi connectivity index (χ0) is 21.0. The highest BCUT2D eigenvalue weighted by atomic mass is 16.5. The summed E-state index contributed by atoms with van der Waals surface area (Å²) in [5, 5.41) is 7.63. The second kappa shape index (κ2) is 8.98. The lowest BCUT2D eigenvalue weighted by atomic mass is 9.93. The van der Waals surface area contributed by atoms with Crippen LogP contribution in [0.1, 0.15) is 26.5 Å². The molecule has 1 N–H and O–H groups in total. The van der Waals surface area contributed by atoms with E-state index in [1.165, 1.54) is 0 Å². The molecule has 4 rings (SSSR count). The molecule has 3 aromatic rings. The van der Waals surface area contributed by atoms with Crippen molar-refractivity contribution in [1.29, 1.82) is 0 Å². The first kappa shape index (κ1) is 20.6. The minimum absolute atomic E-state index is 0.0468. The van der Waals surface area contributed by atoms with Gasteiger partial charge in [0.1, 0.15) is 17.3 Å². The van der Waals surface area contributed by atoms with E-state index in [1.54, 1.807) is 0 Å². The molecule has 1 aromatic carbocycles. The summed E-state index contributed by atoms with van der Waals surface area (Å²) in [5.74, 6) is 1.79. The molecule has 0 radical (unpaired) electrons. The lowest BCUT2D eigenvalue weighted by molar-refractivity contribution is 0.0398. The molecule has 0 amide bonds. The minimum Gasteiger partial charge on any atom is -0.379 e. The number of anilines is 1. The van der Waals surface area contributed by atoms with Crippen LogP contribution in [-0.2, 0) is 10.2 Å². The van der Waals surface area contributed by atoms with E-state index in [1.807, 2.05) is 18.3 Å². The smallest absolute Gasteiger partial charge is 0.142 e. The van der Waals surface area contributed by atoms with Crippen molar-refractivity contribution >= 4 is 5.82 Å². The predicted octanol–water partition coefficient (Wildman–Crippen LogP) is 4.45. The Bertz CT molecular complexity index is 937. The number of nitrogens with one attached hydrogen (secondary N) is 1. The van der Waals surface area contributed by atoms with E-state index in [-0.39, 0.29) is 5.41 Å². The summed E-state index contributed by atoms with van der Waals surface area (Å²) in [7, 11) is 0. The highest BCUT2D eigenvalue weighted by molar-refractivity contribution is 5.69. The first-order chi connectivity index (χ1) is 14.5. The van der Waals surface area contributed by atoms with Crippen LogP contribution < -0.4 is 5.32 Å². The zero-order valence-corrected chi connectivity index (χ0v) is 18.0. The Morgan fingerprint density at radius 3 is 2.30 bits per heavy atom. The van der Waals surface area contributed by atoms with Gasteiger partial charge in [-0.2, -0.15) is 0 Å². The van der Waals surface area contributed by atoms with E-state index in [9.17, 15) is 0 Å². The summed E-state index contributed by atoms with van der Waals surface area (Å²) in [6.45, 7) is 11.9. The number of hydrogen-bond acceptors (Lipinski definition) is 6. The number of hydrogen-bond donors (Lipinski definition) is 1. The largest absolute Gasteiger partial charge is 0.379 e. The molecule has 1 aliphatic rings. The number of nitrogens with zero attached hydrogens (tertiary/aromatic N) is 3. The van der Waals surface area contributed by atoms with Gasteiger partial charge >= 0.3 is 0 Å². The molecular formula is C24H30N4O2. The Morgan fingerprint density at radius 1 is 0.967 bits per heavy atom. The van der Waals surface area contributed by atoms with Crippen molar-refractivity contribution in [2.24, 2.45) is 0 Å². The number of benzene rings is 1. The summed E-state index contributed by atoms with van der Waals surface area (Å²) < 4.78 is 10.9. The van der Waals surface area contributed by atoms with Crippen molar-refractivity contribution in [3.63, 3.8) is 0 Å². The molecule has 0 aliphatic carbocycles. The fraction of sp³-hybridized carbons (Fsp3) is 0.417. The van der Waals surface area contributed by atoms with Crippen LogP contribution in [0, 0.1) is 0 Å². The average Bonchev–Trinajstić information content (AvgIpc) is 3.26. The van der Waals surface area contributed by atoms with Gasteiger partial charge < -0.3 is 14.6 Å². The Hall–Kier alpha value is -2.70. The maximum atomic E-state index is 5.51. The van der Waals surface area contributed by atoms with Crippen LogP contribution >= 0.6 is 0 Å². The molecule has 158 valence electrons. The molecule has 6 heteroatoms. The molecule has 1 fully saturated rings. The van der Waals surface area contributed by atoms with Gasteiger partial charge in [0.2, 0.25) is 0 Å². The number of rotatable bonds is 6. The molecule has 0 spiro atoms. The van der Waals surface area contributed by atoms with Crippen LogP contribution in [0.4, 0.5) is 5.82 Å². The van der Waals surface area contributed by atoms with Crippen molar-refractivity contribution in [1.82, 2.24) is 15.0 Å². The second-order valence-corrected chi connectivity index (χ2v) is 8.72. The van der Waals surface area contributed by atoms with E-state index in [0.717, 1.165) is 73.4 Å². The van der Waals surface area contributed by atoms with Gasteiger partial charge in [0.05, 0.1) is 13.2 Å². The predicted molar refractivity (Wildman–Crippen MR) is 120 cm³/mol. The Labute approximate surface area is 178 Å². The maximum absolute atomic E-state index is 5.51. The van der Waals surface area contributed by atoms with Crippen molar-refractivity contribution in [3.8, 4) is 22.4 Å². The van der Waals surface area contributed by atoms with Gasteiger partial charge in [0.25, 0.3) is 0 Å². The van der Waals surface area contributed by atoms with Crippen LogP contribution in [0.15, 0.2) is 53.2 Å². The summed E-state index contributed by atoms with van der Waals surface area (Å²) >= 11 is 0. The van der Waals surface area contributed by atoms with Gasteiger partial charge in [0.15, 0.2) is 0 Å². The van der Waals surface area contributed by atoms with Crippen molar-refractivity contribution in [2.45, 2.75) is 26.2 Å². The van der Waals surface area contributed by atoms with Gasteiger partial charge in [-0.1, -0.05) is 50.2 Å². The summed E-state index contributed by atoms with van der Waals surface area (Å²) in [4.78, 5) is 6.98. The molecule has 3 heterocycles. The highest BCUT2D eigenvalue weighted by Gasteiger charge is 2.20. The third kappa shape index (κ3) is 5.07. The second-order valence-electron chi connectivity index (χ2n) is 8.72. The van der Waals surface area contributed by atoms with Gasteiger partial charge in [-0.25, -0.2) is 4.98 Å². The SMILES string of the molecule is CC(C)(C)c1cc(-c2ccc(-c3ccc(NCCN4CCOCC4)nc3)cc2)no1. The standard InChI is InChI=1S/C24H30N4O2/c1-24(2,3)22-16-21(27-30-22)19-6-4-18(5-7-19)20-8-9-23(26-17-20)25-10-11-28-12-14-29-15-13-28/h4-9,16-17H,10-15H2,1-3H3,(H,25,26). The van der Waals surface area contributed by atoms with Crippen molar-refractivity contribution in [2.75, 3.05) is 44.7 Å². The van der Waals surface area contributed by atoms with Crippen LogP contribution in [0.5, 0.6) is 0 Å². The van der Waals surface area contributed by atoms with Crippen molar-refractivity contribution in [3.05, 3.63) is 54.4 Å². The number of morpholine rings is 1. The summed E-state index contributed by atoms with van der Waals surface area (Å²) in [6.07, 6.45) is 1.92. The molecule has 2 aromatic heterocycles. The zero-order valence-electron chi connectivity index (χ0n) is 18.0. The normalized spacial score (nSPS) is 15.3. The summed E-state index contributed by atoms with van der Waals surface area (Å²) in [5.41, 5.74) is 4.09. The van der Waals surface area contributed by atoms with E-state index in [2.05, 4.69) is 71.5 Å². The van der Waals surface area contributed by atoms with Crippen molar-refractivity contribution < 1.29 is 9.26 Å². The average molecular weight is 407 g/mol. The molecule has 0 atom stereocenters. The third-order valence-electron chi connectivity index (χ3n) is 5.36. The number of ether oxygens (including phenoxy) is 1. The van der Waals surface area contributed by atoms with E-state index < -0.39 is 0 Å².